The quantitative estimate of drug-likeness (QED) is 0.589. The van der Waals surface area contributed by atoms with Crippen molar-refractivity contribution >= 4 is 35.2 Å². The molecule has 9 heteroatoms. The van der Waals surface area contributed by atoms with Gasteiger partial charge in [-0.3, -0.25) is 4.79 Å². The first-order chi connectivity index (χ1) is 14.7. The van der Waals surface area contributed by atoms with Crippen molar-refractivity contribution in [3.8, 4) is 6.07 Å². The monoisotopic (exact) mass is 424 g/mol. The predicted octanol–water partition coefficient (Wildman–Crippen LogP) is 2.30. The molecule has 1 saturated heterocycles. The van der Waals surface area contributed by atoms with Gasteiger partial charge in [0.05, 0.1) is 12.0 Å². The number of hydrogen-bond acceptors (Lipinski definition) is 6. The van der Waals surface area contributed by atoms with Gasteiger partial charge >= 0.3 is 6.03 Å². The molecule has 2 heterocycles. The second-order valence-corrected chi connectivity index (χ2v) is 7.91. The van der Waals surface area contributed by atoms with E-state index in [4.69, 9.17) is 5.26 Å². The second-order valence-electron chi connectivity index (χ2n) is 6.69. The number of thioether (sulfide) groups is 1. The average Bonchev–Trinajstić information content (AvgIpc) is 2.79. The summed E-state index contributed by atoms with van der Waals surface area (Å²) in [5.74, 6) is 2.64. The molecule has 1 aromatic carbocycles. The van der Waals surface area contributed by atoms with Crippen LogP contribution in [0.4, 0.5) is 16.3 Å². The molecule has 1 aliphatic heterocycles. The molecule has 3 amide bonds. The number of nitrogens with one attached hydrogen (secondary N) is 3. The van der Waals surface area contributed by atoms with Gasteiger partial charge in [0.25, 0.3) is 0 Å². The smallest absolute Gasteiger partial charge is 0.319 e. The Kier molecular flexibility index (Phi) is 7.92. The number of pyridine rings is 1. The van der Waals surface area contributed by atoms with Gasteiger partial charge in [-0.25, -0.2) is 9.78 Å². The van der Waals surface area contributed by atoms with Crippen LogP contribution in [0.2, 0.25) is 0 Å². The fraction of sp³-hybridized carbons (Fsp3) is 0.333. The average molecular weight is 425 g/mol. The van der Waals surface area contributed by atoms with Crippen LogP contribution in [0.1, 0.15) is 11.1 Å². The molecule has 2 aromatic rings. The number of nitrogens with zero attached hydrogens (tertiary/aromatic N) is 3. The SMILES string of the molecule is N#Cc1cccnc1NCCNC(=O)Nc1ccc(CC(=O)N2CCSCC2)cc1. The number of carbonyl (C=O) groups is 2. The van der Waals surface area contributed by atoms with Crippen LogP contribution in [0.25, 0.3) is 0 Å². The van der Waals surface area contributed by atoms with Crippen molar-refractivity contribution in [2.45, 2.75) is 6.42 Å². The van der Waals surface area contributed by atoms with E-state index >= 15 is 0 Å². The highest BCUT2D eigenvalue weighted by Gasteiger charge is 2.16. The molecular formula is C21H24N6O2S. The Bertz CT molecular complexity index is 906. The van der Waals surface area contributed by atoms with Crippen molar-refractivity contribution in [2.24, 2.45) is 0 Å². The fourth-order valence-corrected chi connectivity index (χ4v) is 3.88. The molecule has 0 bridgehead atoms. The summed E-state index contributed by atoms with van der Waals surface area (Å²) < 4.78 is 0. The van der Waals surface area contributed by atoms with Crippen molar-refractivity contribution in [3.63, 3.8) is 0 Å². The summed E-state index contributed by atoms with van der Waals surface area (Å²) in [6.45, 7) is 2.44. The lowest BCUT2D eigenvalue weighted by molar-refractivity contribution is -0.130. The topological polar surface area (TPSA) is 110 Å². The molecule has 1 aromatic heterocycles. The molecule has 0 saturated carbocycles. The van der Waals surface area contributed by atoms with E-state index in [-0.39, 0.29) is 11.9 Å². The van der Waals surface area contributed by atoms with E-state index in [1.807, 2.05) is 28.8 Å². The highest BCUT2D eigenvalue weighted by atomic mass is 32.2. The van der Waals surface area contributed by atoms with Crippen molar-refractivity contribution in [3.05, 3.63) is 53.7 Å². The third kappa shape index (κ3) is 6.39. The maximum absolute atomic E-state index is 12.3. The van der Waals surface area contributed by atoms with E-state index in [9.17, 15) is 9.59 Å². The number of urea groups is 1. The Morgan fingerprint density at radius 3 is 2.63 bits per heavy atom. The van der Waals surface area contributed by atoms with Crippen molar-refractivity contribution in [1.29, 1.82) is 5.26 Å². The first kappa shape index (κ1) is 21.5. The molecule has 8 nitrogen and oxygen atoms in total. The van der Waals surface area contributed by atoms with Gasteiger partial charge < -0.3 is 20.9 Å². The van der Waals surface area contributed by atoms with Crippen LogP contribution in [0, 0.1) is 11.3 Å². The molecule has 0 radical (unpaired) electrons. The molecule has 30 heavy (non-hydrogen) atoms. The van der Waals surface area contributed by atoms with E-state index in [1.54, 1.807) is 30.5 Å². The summed E-state index contributed by atoms with van der Waals surface area (Å²) in [6.07, 6.45) is 1.98. The zero-order valence-electron chi connectivity index (χ0n) is 16.6. The minimum Gasteiger partial charge on any atom is -0.367 e. The third-order valence-corrected chi connectivity index (χ3v) is 5.50. The van der Waals surface area contributed by atoms with E-state index in [2.05, 4.69) is 27.0 Å². The van der Waals surface area contributed by atoms with Gasteiger partial charge in [0.1, 0.15) is 11.9 Å². The lowest BCUT2D eigenvalue weighted by atomic mass is 10.1. The third-order valence-electron chi connectivity index (χ3n) is 4.56. The minimum absolute atomic E-state index is 0.147. The maximum Gasteiger partial charge on any atom is 0.319 e. The Morgan fingerprint density at radius 1 is 1.13 bits per heavy atom. The van der Waals surface area contributed by atoms with Gasteiger partial charge in [0.15, 0.2) is 0 Å². The minimum atomic E-state index is -0.326. The Morgan fingerprint density at radius 2 is 1.90 bits per heavy atom. The molecule has 3 rings (SSSR count). The fourth-order valence-electron chi connectivity index (χ4n) is 2.97. The zero-order valence-corrected chi connectivity index (χ0v) is 17.4. The molecular weight excluding hydrogens is 400 g/mol. The van der Waals surface area contributed by atoms with Gasteiger partial charge in [-0.2, -0.15) is 17.0 Å². The Labute approximate surface area is 180 Å². The molecule has 3 N–H and O–H groups in total. The molecule has 1 fully saturated rings. The lowest BCUT2D eigenvalue weighted by Gasteiger charge is -2.26. The van der Waals surface area contributed by atoms with Crippen molar-refractivity contribution in [2.75, 3.05) is 48.3 Å². The van der Waals surface area contributed by atoms with Crippen LogP contribution in [-0.4, -0.2) is 59.5 Å². The Hall–Kier alpha value is -3.25. The maximum atomic E-state index is 12.3. The van der Waals surface area contributed by atoms with Gasteiger partial charge in [0, 0.05) is 49.6 Å². The summed E-state index contributed by atoms with van der Waals surface area (Å²) >= 11 is 1.88. The number of benzene rings is 1. The summed E-state index contributed by atoms with van der Waals surface area (Å²) in [4.78, 5) is 30.4. The predicted molar refractivity (Wildman–Crippen MR) is 119 cm³/mol. The van der Waals surface area contributed by atoms with Gasteiger partial charge in [-0.1, -0.05) is 12.1 Å². The Balaban J connectivity index is 1.39. The number of anilines is 2. The molecule has 0 spiro atoms. The van der Waals surface area contributed by atoms with Gasteiger partial charge in [0.2, 0.25) is 5.91 Å². The number of amides is 3. The molecule has 1 aliphatic rings. The van der Waals surface area contributed by atoms with Crippen LogP contribution in [0.15, 0.2) is 42.6 Å². The number of rotatable bonds is 7. The summed E-state index contributed by atoms with van der Waals surface area (Å²) in [5.41, 5.74) is 2.04. The van der Waals surface area contributed by atoms with Crippen molar-refractivity contribution < 1.29 is 9.59 Å². The molecule has 0 unspecified atom stereocenters. The van der Waals surface area contributed by atoms with E-state index in [0.717, 1.165) is 30.2 Å². The second kappa shape index (κ2) is 11.1. The first-order valence-corrected chi connectivity index (χ1v) is 10.9. The van der Waals surface area contributed by atoms with Gasteiger partial charge in [-0.05, 0) is 29.8 Å². The van der Waals surface area contributed by atoms with E-state index in [1.165, 1.54) is 0 Å². The van der Waals surface area contributed by atoms with Gasteiger partial charge in [-0.15, -0.1) is 0 Å². The number of aromatic nitrogens is 1. The lowest BCUT2D eigenvalue weighted by Crippen LogP contribution is -2.38. The standard InChI is InChI=1S/C21H24N6O2S/c22-15-17-2-1-7-23-20(17)24-8-9-25-21(29)26-18-5-3-16(4-6-18)14-19(28)27-10-12-30-13-11-27/h1-7H,8-14H2,(H,23,24)(H2,25,26,29). The highest BCUT2D eigenvalue weighted by molar-refractivity contribution is 7.99. The number of nitriles is 1. The van der Waals surface area contributed by atoms with Crippen LogP contribution in [0.3, 0.4) is 0 Å². The highest BCUT2D eigenvalue weighted by Crippen LogP contribution is 2.14. The molecule has 0 aliphatic carbocycles. The molecule has 0 atom stereocenters. The normalized spacial score (nSPS) is 13.2. The zero-order chi connectivity index (χ0) is 21.2. The first-order valence-electron chi connectivity index (χ1n) is 9.74. The van der Waals surface area contributed by atoms with Crippen LogP contribution in [0.5, 0.6) is 0 Å². The van der Waals surface area contributed by atoms with E-state index in [0.29, 0.717) is 36.6 Å². The summed E-state index contributed by atoms with van der Waals surface area (Å²) in [5, 5.41) is 17.6. The van der Waals surface area contributed by atoms with Crippen molar-refractivity contribution in [1.82, 2.24) is 15.2 Å². The largest absolute Gasteiger partial charge is 0.367 e. The summed E-state index contributed by atoms with van der Waals surface area (Å²) in [7, 11) is 0. The van der Waals surface area contributed by atoms with Crippen LogP contribution in [-0.2, 0) is 11.2 Å². The summed E-state index contributed by atoms with van der Waals surface area (Å²) in [6, 6.07) is 12.4. The number of carbonyl (C=O) groups excluding carboxylic acids is 2. The number of hydrogen-bond donors (Lipinski definition) is 3. The van der Waals surface area contributed by atoms with E-state index < -0.39 is 0 Å². The molecule has 156 valence electrons. The van der Waals surface area contributed by atoms with Crippen LogP contribution < -0.4 is 16.0 Å². The van der Waals surface area contributed by atoms with Crippen LogP contribution >= 0.6 is 11.8 Å².